The van der Waals surface area contributed by atoms with Gasteiger partial charge >= 0.3 is 23.9 Å². The molecule has 2 saturated heterocycles. The first-order valence-corrected chi connectivity index (χ1v) is 13.2. The quantitative estimate of drug-likeness (QED) is 0.190. The van der Waals surface area contributed by atoms with Crippen molar-refractivity contribution in [2.75, 3.05) is 6.61 Å². The zero-order valence-corrected chi connectivity index (χ0v) is 23.9. The Bertz CT molecular complexity index is 1170. The number of thioether (sulfide) groups is 1. The first kappa shape index (κ1) is 29.7. The van der Waals surface area contributed by atoms with Crippen molar-refractivity contribution >= 4 is 80.1 Å². The number of amides is 1. The van der Waals surface area contributed by atoms with E-state index < -0.39 is 67.0 Å². The molecule has 11 nitrogen and oxygen atoms in total. The van der Waals surface area contributed by atoms with Crippen molar-refractivity contribution in [3.05, 3.63) is 39.2 Å². The molecule has 0 bridgehead atoms. The van der Waals surface area contributed by atoms with Crippen LogP contribution in [0.1, 0.15) is 33.3 Å². The second-order valence-electron chi connectivity index (χ2n) is 8.19. The molecule has 2 fully saturated rings. The molecule has 204 valence electrons. The molecular formula is C24H24BrNO10S2. The number of nitrogens with zero attached hydrogens (tertiary/aromatic N) is 1. The Balaban J connectivity index is 2.04. The van der Waals surface area contributed by atoms with Crippen LogP contribution in [-0.2, 0) is 47.7 Å². The summed E-state index contributed by atoms with van der Waals surface area (Å²) in [6.45, 7) is 4.10. The van der Waals surface area contributed by atoms with Crippen LogP contribution in [0.5, 0.6) is 0 Å². The van der Waals surface area contributed by atoms with Crippen LogP contribution in [0.4, 0.5) is 0 Å². The van der Waals surface area contributed by atoms with Gasteiger partial charge in [0.05, 0.1) is 4.91 Å². The molecule has 0 unspecified atom stereocenters. The molecule has 0 saturated carbocycles. The number of halogens is 1. The van der Waals surface area contributed by atoms with Crippen LogP contribution >= 0.6 is 39.9 Å². The van der Waals surface area contributed by atoms with Gasteiger partial charge in [-0.1, -0.05) is 52.0 Å². The van der Waals surface area contributed by atoms with E-state index in [9.17, 15) is 24.0 Å². The Morgan fingerprint density at radius 2 is 1.50 bits per heavy atom. The van der Waals surface area contributed by atoms with Gasteiger partial charge in [-0.15, -0.1) is 0 Å². The molecular weight excluding hydrogens is 606 g/mol. The first-order valence-electron chi connectivity index (χ1n) is 11.2. The lowest BCUT2D eigenvalue weighted by Crippen LogP contribution is -2.66. The zero-order valence-electron chi connectivity index (χ0n) is 20.7. The lowest BCUT2D eigenvalue weighted by atomic mass is 9.96. The molecule has 1 aromatic rings. The van der Waals surface area contributed by atoms with Gasteiger partial charge in [-0.25, -0.2) is 0 Å². The summed E-state index contributed by atoms with van der Waals surface area (Å²) in [4.78, 5) is 62.4. The van der Waals surface area contributed by atoms with Gasteiger partial charge in [0.15, 0.2) is 28.9 Å². The van der Waals surface area contributed by atoms with Crippen LogP contribution < -0.4 is 0 Å². The fourth-order valence-electron chi connectivity index (χ4n) is 3.82. The average Bonchev–Trinajstić information content (AvgIpc) is 3.08. The molecule has 0 radical (unpaired) electrons. The van der Waals surface area contributed by atoms with E-state index in [0.717, 1.165) is 47.5 Å². The Labute approximate surface area is 236 Å². The van der Waals surface area contributed by atoms with Gasteiger partial charge in [0.25, 0.3) is 5.91 Å². The lowest BCUT2D eigenvalue weighted by Gasteiger charge is -2.46. The predicted molar refractivity (Wildman–Crippen MR) is 141 cm³/mol. The summed E-state index contributed by atoms with van der Waals surface area (Å²) in [6, 6.07) is 7.22. The molecule has 3 rings (SSSR count). The van der Waals surface area contributed by atoms with E-state index in [1.54, 1.807) is 18.2 Å². The fraction of sp³-hybridized carbons (Fsp3) is 0.417. The molecule has 1 amide bonds. The van der Waals surface area contributed by atoms with E-state index in [2.05, 4.69) is 15.9 Å². The molecule has 0 spiro atoms. The Hall–Kier alpha value is -2.81. The lowest BCUT2D eigenvalue weighted by molar-refractivity contribution is -0.268. The predicted octanol–water partition coefficient (Wildman–Crippen LogP) is 2.73. The van der Waals surface area contributed by atoms with Gasteiger partial charge < -0.3 is 23.7 Å². The first-order chi connectivity index (χ1) is 17.9. The third-order valence-electron chi connectivity index (χ3n) is 5.21. The standard InChI is InChI=1S/C24H24BrNO10S2/c1-11(27)32-10-17-19(33-12(2)28)20(34-13(3)29)21(35-14(4)30)23(36-17)26-22(31)18(38-24(26)37)9-15-5-7-16(25)8-6-15/h5-9,17,19-21,23H,10H2,1-4H3/b18-9-/t17-,19-,20+,21+,23-/m0/s1. The van der Waals surface area contributed by atoms with E-state index in [4.69, 9.17) is 35.9 Å². The highest BCUT2D eigenvalue weighted by atomic mass is 79.9. The van der Waals surface area contributed by atoms with Gasteiger partial charge in [-0.2, -0.15) is 0 Å². The summed E-state index contributed by atoms with van der Waals surface area (Å²) in [5.41, 5.74) is 0.732. The maximum absolute atomic E-state index is 13.5. The average molecular weight is 630 g/mol. The van der Waals surface area contributed by atoms with E-state index >= 15 is 0 Å². The molecule has 0 N–H and O–H groups in total. The van der Waals surface area contributed by atoms with Crippen molar-refractivity contribution < 1.29 is 47.7 Å². The van der Waals surface area contributed by atoms with Crippen LogP contribution in [0.2, 0.25) is 0 Å². The Morgan fingerprint density at radius 1 is 0.947 bits per heavy atom. The normalized spacial score (nSPS) is 26.2. The van der Waals surface area contributed by atoms with Gasteiger partial charge in [0, 0.05) is 32.2 Å². The molecule has 38 heavy (non-hydrogen) atoms. The maximum Gasteiger partial charge on any atom is 0.303 e. The number of thiocarbonyl (C=S) groups is 1. The van der Waals surface area contributed by atoms with Crippen LogP contribution in [-0.4, -0.2) is 76.3 Å². The molecule has 0 aliphatic carbocycles. The topological polar surface area (TPSA) is 135 Å². The third kappa shape index (κ3) is 7.40. The number of carbonyl (C=O) groups is 5. The largest absolute Gasteiger partial charge is 0.463 e. The second-order valence-corrected chi connectivity index (χ2v) is 10.8. The maximum atomic E-state index is 13.5. The van der Waals surface area contributed by atoms with Crippen LogP contribution in [0.3, 0.4) is 0 Å². The fourth-order valence-corrected chi connectivity index (χ4v) is 5.40. The number of esters is 4. The highest BCUT2D eigenvalue weighted by Gasteiger charge is 2.56. The summed E-state index contributed by atoms with van der Waals surface area (Å²) in [5.74, 6) is -3.52. The second kappa shape index (κ2) is 12.8. The van der Waals surface area contributed by atoms with Gasteiger partial charge in [0.1, 0.15) is 12.7 Å². The minimum atomic E-state index is -1.44. The highest BCUT2D eigenvalue weighted by Crippen LogP contribution is 2.39. The van der Waals surface area contributed by atoms with Crippen molar-refractivity contribution in [1.29, 1.82) is 0 Å². The number of rotatable bonds is 7. The van der Waals surface area contributed by atoms with Gasteiger partial charge in [0.2, 0.25) is 0 Å². The molecule has 2 aliphatic rings. The van der Waals surface area contributed by atoms with E-state index in [-0.39, 0.29) is 9.23 Å². The smallest absolute Gasteiger partial charge is 0.303 e. The SMILES string of the molecule is CC(=O)OC[C@@H]1O[C@H](N2C(=O)/C(=C/c3ccc(Br)cc3)SC2=S)[C@H](OC(C)=O)[C@H](OC(C)=O)[C@H]1OC(C)=O. The Morgan fingerprint density at radius 3 is 2.05 bits per heavy atom. The monoisotopic (exact) mass is 629 g/mol. The van der Waals surface area contributed by atoms with Crippen molar-refractivity contribution in [3.8, 4) is 0 Å². The van der Waals surface area contributed by atoms with Crippen molar-refractivity contribution in [3.63, 3.8) is 0 Å². The Kier molecular flexibility index (Phi) is 10.0. The highest BCUT2D eigenvalue weighted by molar-refractivity contribution is 9.10. The van der Waals surface area contributed by atoms with E-state index in [1.807, 2.05) is 12.1 Å². The summed E-state index contributed by atoms with van der Waals surface area (Å²) >= 11 is 9.83. The summed E-state index contributed by atoms with van der Waals surface area (Å²) in [7, 11) is 0. The van der Waals surface area contributed by atoms with Gasteiger partial charge in [-0.3, -0.25) is 28.9 Å². The summed E-state index contributed by atoms with van der Waals surface area (Å²) in [6.07, 6.45) is -5.17. The van der Waals surface area contributed by atoms with Crippen LogP contribution in [0, 0.1) is 0 Å². The summed E-state index contributed by atoms with van der Waals surface area (Å²) in [5, 5.41) is 0. The number of hydrogen-bond donors (Lipinski definition) is 0. The minimum Gasteiger partial charge on any atom is -0.463 e. The van der Waals surface area contributed by atoms with Crippen LogP contribution in [0.15, 0.2) is 33.6 Å². The molecule has 2 aliphatic heterocycles. The number of carbonyl (C=O) groups excluding carboxylic acids is 5. The van der Waals surface area contributed by atoms with Crippen molar-refractivity contribution in [1.82, 2.24) is 4.90 Å². The van der Waals surface area contributed by atoms with E-state index in [0.29, 0.717) is 0 Å². The van der Waals surface area contributed by atoms with Crippen LogP contribution in [0.25, 0.3) is 6.08 Å². The number of benzene rings is 1. The number of hydrogen-bond acceptors (Lipinski definition) is 12. The van der Waals surface area contributed by atoms with Crippen molar-refractivity contribution in [2.45, 2.75) is 58.3 Å². The zero-order chi connectivity index (χ0) is 28.1. The molecule has 14 heteroatoms. The minimum absolute atomic E-state index is 0.0826. The summed E-state index contributed by atoms with van der Waals surface area (Å²) < 4.78 is 28.3. The van der Waals surface area contributed by atoms with Gasteiger partial charge in [-0.05, 0) is 23.8 Å². The molecule has 1 aromatic carbocycles. The molecule has 2 heterocycles. The molecule has 5 atom stereocenters. The number of ether oxygens (including phenoxy) is 5. The molecule has 0 aromatic heterocycles. The van der Waals surface area contributed by atoms with E-state index in [1.165, 1.54) is 6.92 Å². The third-order valence-corrected chi connectivity index (χ3v) is 7.07. The van der Waals surface area contributed by atoms with Crippen molar-refractivity contribution in [2.24, 2.45) is 0 Å².